The Hall–Kier alpha value is -2.15. The van der Waals surface area contributed by atoms with Gasteiger partial charge in [0.2, 0.25) is 0 Å². The molecule has 88 valence electrons. The van der Waals surface area contributed by atoms with Gasteiger partial charge in [-0.05, 0) is 22.6 Å². The highest BCUT2D eigenvalue weighted by Crippen LogP contribution is 2.31. The standard InChI is InChI=1S/C10H10N4O3/c15-6-10-11-12-13-14(10)7-1-2-8-9(5-7)17-4-3-16-8/h1-2,5,15H,3-4,6H2. The predicted octanol–water partition coefficient (Wildman–Crippen LogP) is -0.0742. The topological polar surface area (TPSA) is 82.3 Å². The first-order chi connectivity index (χ1) is 8.38. The second-order valence-electron chi connectivity index (χ2n) is 3.49. The van der Waals surface area contributed by atoms with Crippen LogP contribution in [-0.2, 0) is 6.61 Å². The maximum atomic E-state index is 9.09. The molecule has 0 unspecified atom stereocenters. The molecule has 7 heteroatoms. The van der Waals surface area contributed by atoms with E-state index in [2.05, 4.69) is 15.5 Å². The number of nitrogens with zero attached hydrogens (tertiary/aromatic N) is 4. The summed E-state index contributed by atoms with van der Waals surface area (Å²) in [6.45, 7) is 0.861. The molecule has 1 aliphatic rings. The molecule has 0 bridgehead atoms. The molecule has 2 heterocycles. The van der Waals surface area contributed by atoms with Gasteiger partial charge in [-0.1, -0.05) is 0 Å². The second kappa shape index (κ2) is 4.02. The number of fused-ring (bicyclic) bond motifs is 1. The molecule has 7 nitrogen and oxygen atoms in total. The maximum absolute atomic E-state index is 9.09. The largest absolute Gasteiger partial charge is 0.486 e. The van der Waals surface area contributed by atoms with E-state index < -0.39 is 0 Å². The van der Waals surface area contributed by atoms with E-state index in [0.717, 1.165) is 5.69 Å². The lowest BCUT2D eigenvalue weighted by atomic mass is 10.2. The SMILES string of the molecule is OCc1nnnn1-c1ccc2c(c1)OCCO2. The van der Waals surface area contributed by atoms with Crippen LogP contribution in [0.2, 0.25) is 0 Å². The molecule has 1 aromatic heterocycles. The highest BCUT2D eigenvalue weighted by Gasteiger charge is 2.14. The average Bonchev–Trinajstić information content (AvgIpc) is 2.86. The lowest BCUT2D eigenvalue weighted by molar-refractivity contribution is 0.171. The molecule has 1 N–H and O–H groups in total. The van der Waals surface area contributed by atoms with Crippen molar-refractivity contribution >= 4 is 0 Å². The van der Waals surface area contributed by atoms with Crippen molar-refractivity contribution in [3.8, 4) is 17.2 Å². The molecule has 3 rings (SSSR count). The van der Waals surface area contributed by atoms with Gasteiger partial charge < -0.3 is 14.6 Å². The number of aliphatic hydroxyl groups excluding tert-OH is 1. The Balaban J connectivity index is 2.04. The first-order valence-electron chi connectivity index (χ1n) is 5.16. The van der Waals surface area contributed by atoms with Gasteiger partial charge in [-0.3, -0.25) is 0 Å². The number of rotatable bonds is 2. The highest BCUT2D eigenvalue weighted by molar-refractivity contribution is 5.49. The quantitative estimate of drug-likeness (QED) is 0.783. The fraction of sp³-hybridized carbons (Fsp3) is 0.300. The monoisotopic (exact) mass is 234 g/mol. The summed E-state index contributed by atoms with van der Waals surface area (Å²) < 4.78 is 12.3. The summed E-state index contributed by atoms with van der Waals surface area (Å²) in [5.74, 6) is 1.74. The van der Waals surface area contributed by atoms with Crippen LogP contribution < -0.4 is 9.47 Å². The Labute approximate surface area is 96.6 Å². The maximum Gasteiger partial charge on any atom is 0.182 e. The summed E-state index contributed by atoms with van der Waals surface area (Å²) in [5, 5.41) is 20.1. The fourth-order valence-electron chi connectivity index (χ4n) is 1.67. The number of benzene rings is 1. The molecule has 0 spiro atoms. The fourth-order valence-corrected chi connectivity index (χ4v) is 1.67. The van der Waals surface area contributed by atoms with Crippen molar-refractivity contribution in [2.75, 3.05) is 13.2 Å². The van der Waals surface area contributed by atoms with E-state index in [1.807, 2.05) is 6.07 Å². The summed E-state index contributed by atoms with van der Waals surface area (Å²) >= 11 is 0. The Bertz CT molecular complexity index is 540. The van der Waals surface area contributed by atoms with E-state index >= 15 is 0 Å². The minimum absolute atomic E-state index is 0.221. The lowest BCUT2D eigenvalue weighted by Crippen LogP contribution is -2.15. The van der Waals surface area contributed by atoms with E-state index in [0.29, 0.717) is 30.5 Å². The van der Waals surface area contributed by atoms with Crippen molar-refractivity contribution in [2.45, 2.75) is 6.61 Å². The van der Waals surface area contributed by atoms with Gasteiger partial charge in [-0.25, -0.2) is 0 Å². The smallest absolute Gasteiger partial charge is 0.182 e. The number of hydrogen-bond donors (Lipinski definition) is 1. The van der Waals surface area contributed by atoms with Crippen LogP contribution in [0.25, 0.3) is 5.69 Å². The average molecular weight is 234 g/mol. The Morgan fingerprint density at radius 3 is 2.88 bits per heavy atom. The summed E-state index contributed by atoms with van der Waals surface area (Å²) in [5.41, 5.74) is 0.725. The zero-order chi connectivity index (χ0) is 11.7. The van der Waals surface area contributed by atoms with E-state index in [1.165, 1.54) is 4.68 Å². The normalized spacial score (nSPS) is 13.7. The molecule has 0 aliphatic carbocycles. The van der Waals surface area contributed by atoms with Crippen LogP contribution >= 0.6 is 0 Å². The Kier molecular flexibility index (Phi) is 2.37. The predicted molar refractivity (Wildman–Crippen MR) is 56.1 cm³/mol. The van der Waals surface area contributed by atoms with Gasteiger partial charge in [0.1, 0.15) is 19.8 Å². The van der Waals surface area contributed by atoms with Crippen molar-refractivity contribution in [3.63, 3.8) is 0 Å². The number of ether oxygens (including phenoxy) is 2. The first-order valence-corrected chi connectivity index (χ1v) is 5.16. The third-order valence-electron chi connectivity index (χ3n) is 2.45. The molecule has 0 saturated carbocycles. The Morgan fingerprint density at radius 2 is 2.06 bits per heavy atom. The molecule has 17 heavy (non-hydrogen) atoms. The van der Waals surface area contributed by atoms with Gasteiger partial charge in [0.05, 0.1) is 5.69 Å². The Morgan fingerprint density at radius 1 is 1.24 bits per heavy atom. The summed E-state index contributed by atoms with van der Waals surface area (Å²) in [6, 6.07) is 5.39. The van der Waals surface area contributed by atoms with Crippen molar-refractivity contribution < 1.29 is 14.6 Å². The van der Waals surface area contributed by atoms with E-state index in [9.17, 15) is 0 Å². The van der Waals surface area contributed by atoms with Crippen molar-refractivity contribution in [1.82, 2.24) is 20.2 Å². The minimum atomic E-state index is -0.221. The molecule has 0 atom stereocenters. The van der Waals surface area contributed by atoms with Crippen LogP contribution in [0.3, 0.4) is 0 Å². The van der Waals surface area contributed by atoms with Gasteiger partial charge in [0.25, 0.3) is 0 Å². The van der Waals surface area contributed by atoms with Crippen molar-refractivity contribution in [1.29, 1.82) is 0 Å². The van der Waals surface area contributed by atoms with Gasteiger partial charge in [-0.15, -0.1) is 5.10 Å². The van der Waals surface area contributed by atoms with E-state index in [1.54, 1.807) is 12.1 Å². The first kappa shape index (κ1) is 10.0. The zero-order valence-corrected chi connectivity index (χ0v) is 8.91. The number of aliphatic hydroxyl groups is 1. The van der Waals surface area contributed by atoms with Crippen LogP contribution in [0.5, 0.6) is 11.5 Å². The van der Waals surface area contributed by atoms with Gasteiger partial charge in [0, 0.05) is 6.07 Å². The summed E-state index contributed by atoms with van der Waals surface area (Å²) in [4.78, 5) is 0. The van der Waals surface area contributed by atoms with Crippen LogP contribution in [0.15, 0.2) is 18.2 Å². The molecule has 0 amide bonds. The highest BCUT2D eigenvalue weighted by atomic mass is 16.6. The minimum Gasteiger partial charge on any atom is -0.486 e. The number of tetrazole rings is 1. The van der Waals surface area contributed by atoms with Crippen LogP contribution in [0.1, 0.15) is 5.82 Å². The third kappa shape index (κ3) is 1.70. The lowest BCUT2D eigenvalue weighted by Gasteiger charge is -2.18. The zero-order valence-electron chi connectivity index (χ0n) is 8.91. The second-order valence-corrected chi connectivity index (χ2v) is 3.49. The molecule has 0 saturated heterocycles. The molecule has 0 radical (unpaired) electrons. The van der Waals surface area contributed by atoms with E-state index in [4.69, 9.17) is 14.6 Å². The van der Waals surface area contributed by atoms with Crippen LogP contribution in [-0.4, -0.2) is 38.5 Å². The van der Waals surface area contributed by atoms with E-state index in [-0.39, 0.29) is 6.61 Å². The number of aromatic nitrogens is 4. The molecule has 1 aromatic carbocycles. The number of hydrogen-bond acceptors (Lipinski definition) is 6. The van der Waals surface area contributed by atoms with Crippen molar-refractivity contribution in [3.05, 3.63) is 24.0 Å². The molecule has 2 aromatic rings. The van der Waals surface area contributed by atoms with Gasteiger partial charge >= 0.3 is 0 Å². The van der Waals surface area contributed by atoms with Crippen LogP contribution in [0, 0.1) is 0 Å². The molecular formula is C10H10N4O3. The third-order valence-corrected chi connectivity index (χ3v) is 2.45. The van der Waals surface area contributed by atoms with Crippen molar-refractivity contribution in [2.24, 2.45) is 0 Å². The van der Waals surface area contributed by atoms with Crippen LogP contribution in [0.4, 0.5) is 0 Å². The summed E-state index contributed by atoms with van der Waals surface area (Å²) in [6.07, 6.45) is 0. The van der Waals surface area contributed by atoms with Gasteiger partial charge in [0.15, 0.2) is 17.3 Å². The molecular weight excluding hydrogens is 224 g/mol. The summed E-state index contributed by atoms with van der Waals surface area (Å²) in [7, 11) is 0. The van der Waals surface area contributed by atoms with Gasteiger partial charge in [-0.2, -0.15) is 4.68 Å². The molecule has 0 fully saturated rings. The molecule has 1 aliphatic heterocycles.